The minimum Gasteiger partial charge on any atom is -0.507 e. The van der Waals surface area contributed by atoms with E-state index in [1.807, 2.05) is 56.5 Å². The summed E-state index contributed by atoms with van der Waals surface area (Å²) >= 11 is 1.47. The van der Waals surface area contributed by atoms with Gasteiger partial charge in [-0.3, -0.25) is 14.5 Å². The minimum atomic E-state index is -0.691. The Bertz CT molecular complexity index is 1210. The molecule has 0 radical (unpaired) electrons. The highest BCUT2D eigenvalue weighted by molar-refractivity contribution is 7.10. The van der Waals surface area contributed by atoms with Crippen molar-refractivity contribution in [2.75, 3.05) is 12.0 Å². The molecule has 31 heavy (non-hydrogen) atoms. The van der Waals surface area contributed by atoms with E-state index in [-0.39, 0.29) is 11.3 Å². The van der Waals surface area contributed by atoms with Crippen LogP contribution in [0.15, 0.2) is 59.5 Å². The van der Waals surface area contributed by atoms with E-state index in [0.717, 1.165) is 21.6 Å². The van der Waals surface area contributed by atoms with E-state index < -0.39 is 17.7 Å². The van der Waals surface area contributed by atoms with E-state index in [2.05, 4.69) is 0 Å². The SMILES string of the molecule is COc1ccc(/C(O)=C2\C(=O)C(=O)N(c3ccc(C)cc3)C2c2sccc2C)c(C)c1. The lowest BCUT2D eigenvalue weighted by molar-refractivity contribution is -0.132. The zero-order valence-electron chi connectivity index (χ0n) is 17.8. The average Bonchev–Trinajstić information content (AvgIpc) is 3.29. The largest absolute Gasteiger partial charge is 0.507 e. The molecule has 0 aliphatic carbocycles. The molecule has 2 aromatic carbocycles. The molecule has 0 saturated carbocycles. The third-order valence-corrected chi connectivity index (χ3v) is 6.67. The van der Waals surface area contributed by atoms with Crippen molar-refractivity contribution < 1.29 is 19.4 Å². The smallest absolute Gasteiger partial charge is 0.300 e. The van der Waals surface area contributed by atoms with Gasteiger partial charge in [-0.05, 0) is 73.7 Å². The zero-order valence-corrected chi connectivity index (χ0v) is 18.6. The monoisotopic (exact) mass is 433 g/mol. The van der Waals surface area contributed by atoms with Crippen molar-refractivity contribution in [1.82, 2.24) is 0 Å². The summed E-state index contributed by atoms with van der Waals surface area (Å²) in [6.07, 6.45) is 0. The molecule has 2 heterocycles. The molecule has 1 atom stereocenters. The summed E-state index contributed by atoms with van der Waals surface area (Å²) in [5.41, 5.74) is 3.99. The molecule has 0 spiro atoms. The summed E-state index contributed by atoms with van der Waals surface area (Å²) < 4.78 is 5.25. The van der Waals surface area contributed by atoms with E-state index in [1.54, 1.807) is 25.3 Å². The Morgan fingerprint density at radius 2 is 1.71 bits per heavy atom. The Morgan fingerprint density at radius 1 is 1.00 bits per heavy atom. The van der Waals surface area contributed by atoms with Crippen LogP contribution in [0.3, 0.4) is 0 Å². The first-order valence-corrected chi connectivity index (χ1v) is 10.8. The Morgan fingerprint density at radius 3 is 2.29 bits per heavy atom. The van der Waals surface area contributed by atoms with Crippen molar-refractivity contribution in [2.24, 2.45) is 0 Å². The molecule has 5 nitrogen and oxygen atoms in total. The van der Waals surface area contributed by atoms with Crippen LogP contribution in [0.4, 0.5) is 5.69 Å². The third kappa shape index (κ3) is 3.53. The van der Waals surface area contributed by atoms with Crippen LogP contribution >= 0.6 is 11.3 Å². The van der Waals surface area contributed by atoms with Gasteiger partial charge in [0.25, 0.3) is 11.7 Å². The molecule has 1 N–H and O–H groups in total. The molecule has 1 unspecified atom stereocenters. The molecule has 6 heteroatoms. The number of hydrogen-bond donors (Lipinski definition) is 1. The summed E-state index contributed by atoms with van der Waals surface area (Å²) in [7, 11) is 1.57. The second-order valence-electron chi connectivity index (χ2n) is 7.65. The number of carbonyl (C=O) groups excluding carboxylic acids is 2. The maximum absolute atomic E-state index is 13.2. The number of ketones is 1. The first kappa shape index (κ1) is 20.9. The van der Waals surface area contributed by atoms with E-state index in [4.69, 9.17) is 4.74 Å². The number of Topliss-reactive ketones (excluding diaryl/α,β-unsaturated/α-hetero) is 1. The van der Waals surface area contributed by atoms with Gasteiger partial charge < -0.3 is 9.84 Å². The van der Waals surface area contributed by atoms with Crippen molar-refractivity contribution in [3.63, 3.8) is 0 Å². The summed E-state index contributed by atoms with van der Waals surface area (Å²) in [5.74, 6) is -0.855. The second-order valence-corrected chi connectivity index (χ2v) is 8.60. The predicted molar refractivity (Wildman–Crippen MR) is 123 cm³/mol. The van der Waals surface area contributed by atoms with Crippen molar-refractivity contribution in [3.05, 3.63) is 86.6 Å². The highest BCUT2D eigenvalue weighted by Crippen LogP contribution is 2.45. The van der Waals surface area contributed by atoms with Crippen molar-refractivity contribution >= 4 is 34.5 Å². The molecular weight excluding hydrogens is 410 g/mol. The summed E-state index contributed by atoms with van der Waals surface area (Å²) in [6, 6.07) is 13.9. The molecule has 1 aliphatic heterocycles. The number of amides is 1. The van der Waals surface area contributed by atoms with Gasteiger partial charge in [0.15, 0.2) is 0 Å². The second kappa shape index (κ2) is 8.04. The standard InChI is InChI=1S/C25H23NO4S/c1-14-5-7-17(8-6-14)26-21(24-15(2)11-12-31-24)20(23(28)25(26)29)22(27)19-10-9-18(30-4)13-16(19)3/h5-13,21,27H,1-4H3/b22-20+. The number of anilines is 1. The van der Waals surface area contributed by atoms with Crippen LogP contribution in [0.25, 0.3) is 5.76 Å². The van der Waals surface area contributed by atoms with Gasteiger partial charge in [0, 0.05) is 16.1 Å². The summed E-state index contributed by atoms with van der Waals surface area (Å²) in [5, 5.41) is 13.2. The zero-order chi connectivity index (χ0) is 22.3. The average molecular weight is 434 g/mol. The highest BCUT2D eigenvalue weighted by Gasteiger charge is 2.48. The fraction of sp³-hybridized carbons (Fsp3) is 0.200. The Kier molecular flexibility index (Phi) is 5.41. The van der Waals surface area contributed by atoms with Crippen molar-refractivity contribution in [3.8, 4) is 5.75 Å². The van der Waals surface area contributed by atoms with Crippen LogP contribution in [-0.4, -0.2) is 23.9 Å². The van der Waals surface area contributed by atoms with Gasteiger partial charge in [-0.15, -0.1) is 11.3 Å². The number of methoxy groups -OCH3 is 1. The fourth-order valence-electron chi connectivity index (χ4n) is 3.89. The quantitative estimate of drug-likeness (QED) is 0.344. The van der Waals surface area contributed by atoms with E-state index in [9.17, 15) is 14.7 Å². The van der Waals surface area contributed by atoms with Crippen LogP contribution < -0.4 is 9.64 Å². The molecule has 1 aliphatic rings. The lowest BCUT2D eigenvalue weighted by Crippen LogP contribution is -2.29. The minimum absolute atomic E-state index is 0.101. The number of aliphatic hydroxyl groups is 1. The molecule has 3 aromatic rings. The number of benzene rings is 2. The lowest BCUT2D eigenvalue weighted by Gasteiger charge is -2.25. The fourth-order valence-corrected chi connectivity index (χ4v) is 4.92. The van der Waals surface area contributed by atoms with E-state index in [0.29, 0.717) is 17.0 Å². The third-order valence-electron chi connectivity index (χ3n) is 5.60. The van der Waals surface area contributed by atoms with Gasteiger partial charge >= 0.3 is 0 Å². The molecule has 1 aromatic heterocycles. The first-order chi connectivity index (χ1) is 14.8. The number of thiophene rings is 1. The van der Waals surface area contributed by atoms with Crippen LogP contribution in [0.2, 0.25) is 0 Å². The topological polar surface area (TPSA) is 66.8 Å². The van der Waals surface area contributed by atoms with Gasteiger partial charge in [0.2, 0.25) is 0 Å². The number of aryl methyl sites for hydroxylation is 3. The molecule has 0 bridgehead atoms. The van der Waals surface area contributed by atoms with Gasteiger partial charge in [-0.25, -0.2) is 0 Å². The summed E-state index contributed by atoms with van der Waals surface area (Å²) in [6.45, 7) is 5.74. The molecule has 1 fully saturated rings. The number of nitrogens with zero attached hydrogens (tertiary/aromatic N) is 1. The maximum Gasteiger partial charge on any atom is 0.300 e. The van der Waals surface area contributed by atoms with Crippen LogP contribution in [0, 0.1) is 20.8 Å². The van der Waals surface area contributed by atoms with Crippen molar-refractivity contribution in [1.29, 1.82) is 0 Å². The van der Waals surface area contributed by atoms with Gasteiger partial charge in [0.1, 0.15) is 17.6 Å². The normalized spacial score (nSPS) is 17.9. The molecule has 158 valence electrons. The van der Waals surface area contributed by atoms with Crippen molar-refractivity contribution in [2.45, 2.75) is 26.8 Å². The maximum atomic E-state index is 13.2. The number of rotatable bonds is 4. The highest BCUT2D eigenvalue weighted by atomic mass is 32.1. The van der Waals surface area contributed by atoms with Crippen LogP contribution in [0.1, 0.15) is 33.2 Å². The Balaban J connectivity index is 1.95. The lowest BCUT2D eigenvalue weighted by atomic mass is 9.96. The van der Waals surface area contributed by atoms with Gasteiger partial charge in [-0.2, -0.15) is 0 Å². The number of hydrogen-bond acceptors (Lipinski definition) is 5. The van der Waals surface area contributed by atoms with Gasteiger partial charge in [-0.1, -0.05) is 17.7 Å². The molecule has 1 amide bonds. The number of aliphatic hydroxyl groups excluding tert-OH is 1. The van der Waals surface area contributed by atoms with Crippen LogP contribution in [0.5, 0.6) is 5.75 Å². The van der Waals surface area contributed by atoms with E-state index >= 15 is 0 Å². The van der Waals surface area contributed by atoms with Gasteiger partial charge in [0.05, 0.1) is 12.7 Å². The molecular formula is C25H23NO4S. The number of ether oxygens (including phenoxy) is 1. The Hall–Kier alpha value is -3.38. The van der Waals surface area contributed by atoms with E-state index in [1.165, 1.54) is 16.2 Å². The molecule has 1 saturated heterocycles. The summed E-state index contributed by atoms with van der Waals surface area (Å²) in [4.78, 5) is 28.7. The molecule has 4 rings (SSSR count). The number of carbonyl (C=O) groups is 2. The Labute approximate surface area is 185 Å². The predicted octanol–water partition coefficient (Wildman–Crippen LogP) is 5.31. The first-order valence-electron chi connectivity index (χ1n) is 9.90. The van der Waals surface area contributed by atoms with Crippen LogP contribution in [-0.2, 0) is 9.59 Å².